The Kier molecular flexibility index (Phi) is 5.64. The van der Waals surface area contributed by atoms with Crippen LogP contribution in [0.1, 0.15) is 46.8 Å². The normalized spacial score (nSPS) is 11.3. The molecular weight excluding hydrogens is 352 g/mol. The zero-order valence-corrected chi connectivity index (χ0v) is 16.5. The highest BCUT2D eigenvalue weighted by atomic mass is 16.5. The van der Waals surface area contributed by atoms with Crippen LogP contribution in [0.5, 0.6) is 11.5 Å². The quantitative estimate of drug-likeness (QED) is 0.501. The van der Waals surface area contributed by atoms with Gasteiger partial charge in [0.1, 0.15) is 11.5 Å². The van der Waals surface area contributed by atoms with E-state index in [9.17, 15) is 9.90 Å². The zero-order chi connectivity index (χ0) is 20.3. The molecule has 2 aliphatic carbocycles. The van der Waals surface area contributed by atoms with Gasteiger partial charge in [0.05, 0.1) is 13.3 Å². The molecule has 0 radical (unpaired) electrons. The summed E-state index contributed by atoms with van der Waals surface area (Å²) in [7, 11) is 1.54. The van der Waals surface area contributed by atoms with Crippen molar-refractivity contribution in [3.05, 3.63) is 70.8 Å². The molecule has 0 saturated heterocycles. The number of aryl methyl sites for hydroxylation is 1. The van der Waals surface area contributed by atoms with Crippen LogP contribution in [0.4, 0.5) is 0 Å². The number of phenolic OH excluding ortho intramolecular Hbond substituents is 1. The van der Waals surface area contributed by atoms with Crippen LogP contribution in [0.2, 0.25) is 0 Å². The van der Waals surface area contributed by atoms with Gasteiger partial charge in [0.2, 0.25) is 0 Å². The van der Waals surface area contributed by atoms with Crippen molar-refractivity contribution in [1.29, 1.82) is 0 Å². The molecule has 1 aromatic carbocycles. The maximum Gasteiger partial charge on any atom is 0.272 e. The average Bonchev–Trinajstić information content (AvgIpc) is 2.84. The number of fused-ring (bicyclic) bond motifs is 1. The average molecular weight is 376 g/mol. The summed E-state index contributed by atoms with van der Waals surface area (Å²) in [6, 6.07) is 14.9. The summed E-state index contributed by atoms with van der Waals surface area (Å²) in [5.41, 5.74) is 7.75. The van der Waals surface area contributed by atoms with Gasteiger partial charge < -0.3 is 9.84 Å². The molecule has 5 heteroatoms. The Morgan fingerprint density at radius 3 is 2.64 bits per heavy atom. The first-order valence-corrected chi connectivity index (χ1v) is 9.14. The first kappa shape index (κ1) is 19.4. The van der Waals surface area contributed by atoms with E-state index >= 15 is 0 Å². The van der Waals surface area contributed by atoms with Crippen LogP contribution in [0, 0.1) is 6.92 Å². The third kappa shape index (κ3) is 3.98. The van der Waals surface area contributed by atoms with Crippen molar-refractivity contribution >= 4 is 12.1 Å². The van der Waals surface area contributed by atoms with Crippen molar-refractivity contribution in [2.45, 2.75) is 26.7 Å². The van der Waals surface area contributed by atoms with Crippen LogP contribution in [-0.4, -0.2) is 24.3 Å². The molecule has 0 bridgehead atoms. The predicted molar refractivity (Wildman–Crippen MR) is 112 cm³/mol. The fraction of sp³-hybridized carbons (Fsp3) is 0.217. The molecule has 144 valence electrons. The minimum atomic E-state index is -0.294. The summed E-state index contributed by atoms with van der Waals surface area (Å²) in [4.78, 5) is 12.7. The van der Waals surface area contributed by atoms with Crippen molar-refractivity contribution in [2.75, 3.05) is 7.11 Å². The summed E-state index contributed by atoms with van der Waals surface area (Å²) >= 11 is 0. The van der Waals surface area contributed by atoms with Gasteiger partial charge in [-0.1, -0.05) is 38.1 Å². The molecule has 3 rings (SSSR count). The molecule has 0 atom stereocenters. The summed E-state index contributed by atoms with van der Waals surface area (Å²) in [6.45, 7) is 6.24. The van der Waals surface area contributed by atoms with Gasteiger partial charge in [0.15, 0.2) is 0 Å². The van der Waals surface area contributed by atoms with Gasteiger partial charge in [-0.05, 0) is 59.4 Å². The minimum absolute atomic E-state index is 0.0574. The Balaban J connectivity index is 1.87. The van der Waals surface area contributed by atoms with Gasteiger partial charge in [-0.25, -0.2) is 5.43 Å². The van der Waals surface area contributed by atoms with E-state index in [0.717, 1.165) is 16.7 Å². The summed E-state index contributed by atoms with van der Waals surface area (Å²) in [6.07, 6.45) is 1.40. The molecule has 1 amide bonds. The Hall–Kier alpha value is -3.34. The van der Waals surface area contributed by atoms with E-state index in [1.165, 1.54) is 17.8 Å². The van der Waals surface area contributed by atoms with E-state index in [1.807, 2.05) is 25.1 Å². The highest BCUT2D eigenvalue weighted by Gasteiger charge is 2.18. The van der Waals surface area contributed by atoms with Gasteiger partial charge in [-0.3, -0.25) is 4.79 Å². The molecular formula is C23H24N2O3. The smallest absolute Gasteiger partial charge is 0.272 e. The van der Waals surface area contributed by atoms with Crippen molar-refractivity contribution in [3.8, 4) is 22.6 Å². The number of nitrogens with one attached hydrogen (secondary N) is 1. The second-order valence-electron chi connectivity index (χ2n) is 7.02. The van der Waals surface area contributed by atoms with E-state index in [2.05, 4.69) is 36.5 Å². The topological polar surface area (TPSA) is 70.9 Å². The molecule has 0 saturated carbocycles. The minimum Gasteiger partial charge on any atom is -0.507 e. The summed E-state index contributed by atoms with van der Waals surface area (Å²) < 4.78 is 5.14. The monoisotopic (exact) mass is 376 g/mol. The zero-order valence-electron chi connectivity index (χ0n) is 16.5. The first-order valence-electron chi connectivity index (χ1n) is 9.14. The first-order chi connectivity index (χ1) is 13.4. The Morgan fingerprint density at radius 1 is 1.14 bits per heavy atom. The number of ether oxygens (including phenoxy) is 1. The lowest BCUT2D eigenvalue weighted by Crippen LogP contribution is -2.17. The SMILES string of the molecule is COc1ccc(O)c(/C=N/NC(=O)c2cc(C)c3cccc(C(C)C)cc2-3)c1. The molecule has 28 heavy (non-hydrogen) atoms. The predicted octanol–water partition coefficient (Wildman–Crippen LogP) is 4.70. The van der Waals surface area contributed by atoms with Crippen LogP contribution in [-0.2, 0) is 0 Å². The number of methoxy groups -OCH3 is 1. The highest BCUT2D eigenvalue weighted by molar-refractivity contribution is 6.03. The number of benzene rings is 1. The van der Waals surface area contributed by atoms with Crippen LogP contribution in [0.3, 0.4) is 0 Å². The number of carbonyl (C=O) groups is 1. The third-order valence-corrected chi connectivity index (χ3v) is 4.74. The van der Waals surface area contributed by atoms with E-state index in [1.54, 1.807) is 19.2 Å². The number of phenols is 1. The second kappa shape index (κ2) is 8.13. The van der Waals surface area contributed by atoms with E-state index in [4.69, 9.17) is 4.74 Å². The van der Waals surface area contributed by atoms with Crippen molar-refractivity contribution in [1.82, 2.24) is 5.43 Å². The fourth-order valence-corrected chi connectivity index (χ4v) is 3.11. The maximum atomic E-state index is 12.7. The van der Waals surface area contributed by atoms with Gasteiger partial charge in [-0.2, -0.15) is 5.10 Å². The van der Waals surface area contributed by atoms with Gasteiger partial charge in [0, 0.05) is 11.1 Å². The van der Waals surface area contributed by atoms with Crippen LogP contribution in [0.15, 0.2) is 53.6 Å². The standard InChI is InChI=1S/C23H24N2O3/c1-14(2)16-6-5-7-19-15(3)10-21(20(19)12-16)23(27)25-24-13-17-11-18(28-4)8-9-22(17)26/h5-14,26H,1-4H3,(H,25,27)/b24-13+. The maximum absolute atomic E-state index is 12.7. The highest BCUT2D eigenvalue weighted by Crippen LogP contribution is 2.33. The number of amides is 1. The summed E-state index contributed by atoms with van der Waals surface area (Å²) in [5, 5.41) is 13.9. The van der Waals surface area contributed by atoms with Crippen molar-refractivity contribution < 1.29 is 14.6 Å². The molecule has 5 nitrogen and oxygen atoms in total. The van der Waals surface area contributed by atoms with E-state index < -0.39 is 0 Å². The van der Waals surface area contributed by atoms with Gasteiger partial charge in [-0.15, -0.1) is 0 Å². The number of aromatic hydroxyl groups is 1. The van der Waals surface area contributed by atoms with E-state index in [-0.39, 0.29) is 11.7 Å². The third-order valence-electron chi connectivity index (χ3n) is 4.74. The Morgan fingerprint density at radius 2 is 1.93 bits per heavy atom. The number of hydrazone groups is 1. The van der Waals surface area contributed by atoms with Crippen LogP contribution >= 0.6 is 0 Å². The second-order valence-corrected chi connectivity index (χ2v) is 7.02. The molecule has 0 heterocycles. The number of carbonyl (C=O) groups excluding carboxylic acids is 1. The molecule has 1 aromatic rings. The van der Waals surface area contributed by atoms with E-state index in [0.29, 0.717) is 22.8 Å². The number of rotatable bonds is 5. The lowest BCUT2D eigenvalue weighted by atomic mass is 10.0. The molecule has 0 unspecified atom stereocenters. The lowest BCUT2D eigenvalue weighted by Gasteiger charge is -2.05. The number of nitrogens with zero attached hydrogens (tertiary/aromatic N) is 1. The van der Waals surface area contributed by atoms with Crippen molar-refractivity contribution in [3.63, 3.8) is 0 Å². The Labute approximate surface area is 165 Å². The summed E-state index contributed by atoms with van der Waals surface area (Å²) in [5.74, 6) is 0.715. The molecule has 0 spiro atoms. The molecule has 2 N–H and O–H groups in total. The van der Waals surface area contributed by atoms with Crippen LogP contribution < -0.4 is 10.2 Å². The molecule has 2 aliphatic rings. The molecule has 0 fully saturated rings. The molecule has 0 aliphatic heterocycles. The number of hydrogen-bond donors (Lipinski definition) is 2. The lowest BCUT2D eigenvalue weighted by molar-refractivity contribution is 0.0956. The fourth-order valence-electron chi connectivity index (χ4n) is 3.11. The largest absolute Gasteiger partial charge is 0.507 e. The van der Waals surface area contributed by atoms with Crippen LogP contribution in [0.25, 0.3) is 11.1 Å². The molecule has 0 aromatic heterocycles. The Bertz CT molecular complexity index is 1010. The van der Waals surface area contributed by atoms with Gasteiger partial charge in [0.25, 0.3) is 5.91 Å². The number of hydrogen-bond acceptors (Lipinski definition) is 4. The van der Waals surface area contributed by atoms with Crippen molar-refractivity contribution in [2.24, 2.45) is 5.10 Å². The van der Waals surface area contributed by atoms with Gasteiger partial charge >= 0.3 is 0 Å².